The molecule has 2 heterocycles. The molecule has 2 aliphatic rings. The molecular formula is C45H44IrN2O2-2. The van der Waals surface area contributed by atoms with Gasteiger partial charge in [-0.05, 0) is 76.9 Å². The van der Waals surface area contributed by atoms with Crippen LogP contribution in [0.1, 0.15) is 70.2 Å². The summed E-state index contributed by atoms with van der Waals surface area (Å²) in [5.74, 6) is 0. The average Bonchev–Trinajstić information content (AvgIpc) is 3.49. The van der Waals surface area contributed by atoms with Crippen LogP contribution >= 0.6 is 0 Å². The minimum absolute atomic E-state index is 0. The summed E-state index contributed by atoms with van der Waals surface area (Å²) in [5.41, 5.74) is 14.9. The third-order valence-corrected chi connectivity index (χ3v) is 9.55. The van der Waals surface area contributed by atoms with Crippen molar-refractivity contribution in [1.29, 1.82) is 0 Å². The van der Waals surface area contributed by atoms with Gasteiger partial charge < -0.3 is 20.2 Å². The molecule has 6 aromatic rings. The molecule has 8 rings (SSSR count). The van der Waals surface area contributed by atoms with Crippen LogP contribution in [0.25, 0.3) is 44.8 Å². The number of aliphatic hydroxyl groups excluding tert-OH is 2. The van der Waals surface area contributed by atoms with Crippen molar-refractivity contribution in [1.82, 2.24) is 9.97 Å². The van der Waals surface area contributed by atoms with Crippen molar-refractivity contribution in [3.8, 4) is 44.8 Å². The number of pyridine rings is 2. The van der Waals surface area contributed by atoms with E-state index in [1.54, 1.807) is 13.8 Å². The molecule has 50 heavy (non-hydrogen) atoms. The van der Waals surface area contributed by atoms with Gasteiger partial charge in [0.1, 0.15) is 0 Å². The number of benzene rings is 4. The molecule has 257 valence electrons. The summed E-state index contributed by atoms with van der Waals surface area (Å²) in [5, 5.41) is 17.1. The topological polar surface area (TPSA) is 66.2 Å². The molecule has 4 aromatic carbocycles. The summed E-state index contributed by atoms with van der Waals surface area (Å²) < 4.78 is 0. The van der Waals surface area contributed by atoms with Gasteiger partial charge in [-0.1, -0.05) is 112 Å². The van der Waals surface area contributed by atoms with Crippen LogP contribution in [-0.4, -0.2) is 32.4 Å². The maximum atomic E-state index is 8.56. The van der Waals surface area contributed by atoms with Crippen LogP contribution in [0.15, 0.2) is 122 Å². The van der Waals surface area contributed by atoms with Crippen molar-refractivity contribution in [3.05, 3.63) is 156 Å². The standard InChI is InChI=1S/2C20H16N.C5H12O2.Ir/c2*1-20(2)17-11-4-3-8-14(17)15-9-7-10-16(19(15)20)18-12-5-6-13-21-18;1-4(6)3-5(2)7;/h2*3-9,11-13H,1-2H3;4-7H,3H2,1-2H3;/q2*-1;;. The molecule has 5 heteroatoms. The predicted octanol–water partition coefficient (Wildman–Crippen LogP) is 9.85. The van der Waals surface area contributed by atoms with Crippen LogP contribution in [0, 0.1) is 12.1 Å². The number of aromatic nitrogens is 2. The molecule has 2 aromatic heterocycles. The Hall–Kier alpha value is -4.25. The van der Waals surface area contributed by atoms with Gasteiger partial charge in [0.2, 0.25) is 0 Å². The van der Waals surface area contributed by atoms with E-state index >= 15 is 0 Å². The fraction of sp³-hybridized carbons (Fsp3) is 0.244. The third-order valence-electron chi connectivity index (χ3n) is 9.55. The Morgan fingerprint density at radius 3 is 1.26 bits per heavy atom. The van der Waals surface area contributed by atoms with E-state index in [0.717, 1.165) is 22.5 Å². The summed E-state index contributed by atoms with van der Waals surface area (Å²) in [6.07, 6.45) is 3.41. The molecule has 4 nitrogen and oxygen atoms in total. The maximum absolute atomic E-state index is 8.56. The maximum Gasteiger partial charge on any atom is 0.0536 e. The summed E-state index contributed by atoms with van der Waals surface area (Å²) in [4.78, 5) is 9.05. The van der Waals surface area contributed by atoms with Crippen molar-refractivity contribution in [2.24, 2.45) is 0 Å². The van der Waals surface area contributed by atoms with Gasteiger partial charge in [0, 0.05) is 32.5 Å². The van der Waals surface area contributed by atoms with Gasteiger partial charge in [-0.25, -0.2) is 0 Å². The first-order valence-electron chi connectivity index (χ1n) is 17.0. The Labute approximate surface area is 310 Å². The fourth-order valence-corrected chi connectivity index (χ4v) is 7.46. The van der Waals surface area contributed by atoms with E-state index in [4.69, 9.17) is 10.2 Å². The Morgan fingerprint density at radius 1 is 0.540 bits per heavy atom. The van der Waals surface area contributed by atoms with Crippen molar-refractivity contribution < 1.29 is 30.3 Å². The Morgan fingerprint density at radius 2 is 0.920 bits per heavy atom. The predicted molar refractivity (Wildman–Crippen MR) is 200 cm³/mol. The minimum Gasteiger partial charge on any atom is -0.393 e. The van der Waals surface area contributed by atoms with E-state index in [2.05, 4.69) is 123 Å². The van der Waals surface area contributed by atoms with Crippen LogP contribution in [0.3, 0.4) is 0 Å². The summed E-state index contributed by atoms with van der Waals surface area (Å²) in [6, 6.07) is 44.7. The van der Waals surface area contributed by atoms with Crippen molar-refractivity contribution in [2.45, 2.75) is 71.0 Å². The van der Waals surface area contributed by atoms with Gasteiger partial charge in [0.05, 0.1) is 12.2 Å². The van der Waals surface area contributed by atoms with Crippen LogP contribution in [0.2, 0.25) is 0 Å². The van der Waals surface area contributed by atoms with Crippen molar-refractivity contribution >= 4 is 0 Å². The van der Waals surface area contributed by atoms with Gasteiger partial charge in [0.25, 0.3) is 0 Å². The molecular weight excluding hydrogens is 793 g/mol. The summed E-state index contributed by atoms with van der Waals surface area (Å²) >= 11 is 0. The zero-order valence-corrected chi connectivity index (χ0v) is 31.9. The molecule has 2 unspecified atom stereocenters. The van der Waals surface area contributed by atoms with Crippen LogP contribution < -0.4 is 0 Å². The Bertz CT molecular complexity index is 1910. The van der Waals surface area contributed by atoms with Crippen LogP contribution in [-0.2, 0) is 30.9 Å². The molecule has 2 aliphatic carbocycles. The van der Waals surface area contributed by atoms with Crippen molar-refractivity contribution in [3.63, 3.8) is 0 Å². The van der Waals surface area contributed by atoms with E-state index in [1.165, 1.54) is 44.5 Å². The van der Waals surface area contributed by atoms with Gasteiger partial charge in [0.15, 0.2) is 0 Å². The first kappa shape index (κ1) is 37.0. The van der Waals surface area contributed by atoms with Crippen LogP contribution in [0.4, 0.5) is 0 Å². The molecule has 2 atom stereocenters. The SMILES string of the molecule is CC(O)CC(C)O.CC1(C)c2ccccc2-c2cc[c-]c(-c3ccccn3)c21.CC1(C)c2ccccc2-c2cc[c-]c(-c3ccccn3)c21.[Ir]. The fourth-order valence-electron chi connectivity index (χ4n) is 7.46. The average molecular weight is 837 g/mol. The van der Waals surface area contributed by atoms with E-state index < -0.39 is 0 Å². The largest absolute Gasteiger partial charge is 0.393 e. The normalized spacial score (nSPS) is 14.9. The monoisotopic (exact) mass is 837 g/mol. The van der Waals surface area contributed by atoms with Gasteiger partial charge in [-0.3, -0.25) is 0 Å². The van der Waals surface area contributed by atoms with Crippen molar-refractivity contribution in [2.75, 3.05) is 0 Å². The first-order chi connectivity index (χ1) is 23.5. The quantitative estimate of drug-likeness (QED) is 0.174. The number of fused-ring (bicyclic) bond motifs is 6. The first-order valence-corrected chi connectivity index (χ1v) is 17.0. The molecule has 0 saturated heterocycles. The minimum atomic E-state index is -0.375. The molecule has 0 amide bonds. The van der Waals surface area contributed by atoms with Gasteiger partial charge >= 0.3 is 0 Å². The molecule has 1 radical (unpaired) electrons. The van der Waals surface area contributed by atoms with Gasteiger partial charge in [-0.2, -0.15) is 0 Å². The second-order valence-corrected chi connectivity index (χ2v) is 14.0. The number of aliphatic hydroxyl groups is 2. The second-order valence-electron chi connectivity index (χ2n) is 14.0. The summed E-state index contributed by atoms with van der Waals surface area (Å²) in [7, 11) is 0. The Balaban J connectivity index is 0.000000162. The van der Waals surface area contributed by atoms with Crippen LogP contribution in [0.5, 0.6) is 0 Å². The molecule has 0 spiro atoms. The molecule has 2 N–H and O–H groups in total. The number of rotatable bonds is 4. The van der Waals surface area contributed by atoms with Gasteiger partial charge in [-0.15, -0.1) is 58.7 Å². The van der Waals surface area contributed by atoms with E-state index in [1.807, 2.05) is 48.8 Å². The van der Waals surface area contributed by atoms with E-state index in [-0.39, 0.29) is 43.1 Å². The second kappa shape index (κ2) is 15.3. The number of hydrogen-bond donors (Lipinski definition) is 2. The summed E-state index contributed by atoms with van der Waals surface area (Å²) in [6.45, 7) is 12.5. The van der Waals surface area contributed by atoms with E-state index in [0.29, 0.717) is 6.42 Å². The smallest absolute Gasteiger partial charge is 0.0536 e. The van der Waals surface area contributed by atoms with E-state index in [9.17, 15) is 0 Å². The molecule has 0 fully saturated rings. The number of hydrogen-bond acceptors (Lipinski definition) is 4. The zero-order chi connectivity index (χ0) is 34.8. The number of nitrogens with zero attached hydrogens (tertiary/aromatic N) is 2. The molecule has 0 bridgehead atoms. The molecule has 0 saturated carbocycles. The molecule has 0 aliphatic heterocycles. The zero-order valence-electron chi connectivity index (χ0n) is 29.5. The third kappa shape index (κ3) is 7.15. The Kier molecular flexibility index (Phi) is 11.3.